The summed E-state index contributed by atoms with van der Waals surface area (Å²) in [6.07, 6.45) is -3.80. The Kier molecular flexibility index (Phi) is 7.13. The molecule has 1 aliphatic heterocycles. The summed E-state index contributed by atoms with van der Waals surface area (Å²) in [7, 11) is -4.37. The van der Waals surface area contributed by atoms with Crippen LogP contribution >= 0.6 is 11.6 Å². The molecular weight excluding hydrogens is 518 g/mol. The molecule has 0 spiro atoms. The number of benzene rings is 1. The van der Waals surface area contributed by atoms with E-state index in [0.717, 1.165) is 12.5 Å². The quantitative estimate of drug-likeness (QED) is 0.261. The van der Waals surface area contributed by atoms with E-state index in [1.165, 1.54) is 30.0 Å². The number of esters is 2. The molecule has 4 atom stereocenters. The molecule has 13 nitrogen and oxygen atoms in total. The maximum Gasteiger partial charge on any atom is 0.303 e. The van der Waals surface area contributed by atoms with Crippen molar-refractivity contribution in [2.75, 3.05) is 12.3 Å². The topological polar surface area (TPSA) is 175 Å². The van der Waals surface area contributed by atoms with Gasteiger partial charge in [0.15, 0.2) is 29.2 Å². The summed E-state index contributed by atoms with van der Waals surface area (Å²) in [5.41, 5.74) is 6.86. The number of nitrogens with two attached hydrogens (primary N) is 1. The van der Waals surface area contributed by atoms with Crippen LogP contribution in [0.15, 0.2) is 35.5 Å². The third-order valence-electron chi connectivity index (χ3n) is 5.26. The number of nitrogens with zero attached hydrogens (tertiary/aromatic N) is 4. The lowest BCUT2D eigenvalue weighted by atomic mass is 10.1. The first-order valence-corrected chi connectivity index (χ1v) is 12.4. The number of ether oxygens (including phenoxy) is 3. The molecule has 4 rings (SSSR count). The Morgan fingerprint density at radius 3 is 2.47 bits per heavy atom. The minimum atomic E-state index is -4.37. The number of carbonyl (C=O) groups excluding carboxylic acids is 2. The number of rotatable bonds is 7. The van der Waals surface area contributed by atoms with Gasteiger partial charge in [-0.3, -0.25) is 18.3 Å². The van der Waals surface area contributed by atoms with Crippen LogP contribution in [0, 0.1) is 6.92 Å². The van der Waals surface area contributed by atoms with Crippen LogP contribution in [0.3, 0.4) is 0 Å². The van der Waals surface area contributed by atoms with Gasteiger partial charge in [0.05, 0.1) is 11.2 Å². The molecule has 1 aliphatic rings. The average molecular weight is 540 g/mol. The van der Waals surface area contributed by atoms with Crippen LogP contribution in [-0.2, 0) is 38.1 Å². The number of hydrogen-bond acceptors (Lipinski definition) is 12. The van der Waals surface area contributed by atoms with Crippen molar-refractivity contribution in [3.05, 3.63) is 41.3 Å². The molecule has 0 amide bonds. The number of nitrogen functional groups attached to an aromatic ring is 1. The Morgan fingerprint density at radius 1 is 1.14 bits per heavy atom. The van der Waals surface area contributed by atoms with Crippen LogP contribution in [0.25, 0.3) is 11.2 Å². The molecule has 0 aliphatic carbocycles. The van der Waals surface area contributed by atoms with Gasteiger partial charge >= 0.3 is 11.9 Å². The molecule has 192 valence electrons. The van der Waals surface area contributed by atoms with Crippen molar-refractivity contribution in [2.45, 2.75) is 50.2 Å². The minimum absolute atomic E-state index is 0.0352. The summed E-state index contributed by atoms with van der Waals surface area (Å²) in [6, 6.07) is 5.98. The third kappa shape index (κ3) is 5.26. The highest BCUT2D eigenvalue weighted by Gasteiger charge is 2.52. The van der Waals surface area contributed by atoms with Crippen LogP contribution in [0.2, 0.25) is 5.15 Å². The molecule has 0 bridgehead atoms. The maximum atomic E-state index is 13.2. The second-order valence-corrected chi connectivity index (χ2v) is 9.90. The average Bonchev–Trinajstić information content (AvgIpc) is 3.34. The zero-order valence-corrected chi connectivity index (χ0v) is 20.9. The number of aryl methyl sites for hydroxylation is 1. The summed E-state index contributed by atoms with van der Waals surface area (Å²) in [5, 5.41) is -0.0352. The van der Waals surface area contributed by atoms with Crippen LogP contribution in [0.1, 0.15) is 25.6 Å². The highest BCUT2D eigenvalue weighted by Crippen LogP contribution is 2.38. The van der Waals surface area contributed by atoms with Crippen LogP contribution < -0.4 is 5.73 Å². The largest absolute Gasteiger partial charge is 0.463 e. The van der Waals surface area contributed by atoms with E-state index in [2.05, 4.69) is 15.0 Å². The van der Waals surface area contributed by atoms with Crippen molar-refractivity contribution in [2.24, 2.45) is 0 Å². The molecule has 1 saturated heterocycles. The Morgan fingerprint density at radius 2 is 1.83 bits per heavy atom. The molecule has 0 saturated carbocycles. The van der Waals surface area contributed by atoms with Crippen molar-refractivity contribution in [1.29, 1.82) is 0 Å². The van der Waals surface area contributed by atoms with Crippen LogP contribution in [-0.4, -0.2) is 64.8 Å². The number of hydrogen-bond donors (Lipinski definition) is 1. The van der Waals surface area contributed by atoms with Gasteiger partial charge in [-0.05, 0) is 19.1 Å². The van der Waals surface area contributed by atoms with E-state index in [9.17, 15) is 18.0 Å². The molecule has 0 unspecified atom stereocenters. The van der Waals surface area contributed by atoms with Crippen molar-refractivity contribution in [3.8, 4) is 0 Å². The summed E-state index contributed by atoms with van der Waals surface area (Å²) in [5.74, 6) is -1.51. The Hall–Kier alpha value is -3.33. The number of aromatic nitrogens is 4. The highest BCUT2D eigenvalue weighted by atomic mass is 35.5. The van der Waals surface area contributed by atoms with Crippen molar-refractivity contribution in [3.63, 3.8) is 0 Å². The summed E-state index contributed by atoms with van der Waals surface area (Å²) < 4.78 is 49.8. The van der Waals surface area contributed by atoms with E-state index in [0.29, 0.717) is 0 Å². The van der Waals surface area contributed by atoms with E-state index < -0.39 is 46.6 Å². The Labute approximate surface area is 210 Å². The van der Waals surface area contributed by atoms with Gasteiger partial charge in [-0.1, -0.05) is 29.3 Å². The standard InChI is InChI=1S/C21H22ClN5O8S/c1-10-4-6-13(7-5-10)36(30,31)35-17-16(33-12(3)29)14(8-32-11(2)28)34-20(17)27-9-24-15-18(22)25-21(23)26-19(15)27/h4-7,9,14,16-17,20H,8H2,1-3H3,(H2,23,25,26)/t14-,16-,17-,20-/m1/s1. The first kappa shape index (κ1) is 25.8. The van der Waals surface area contributed by atoms with Gasteiger partial charge in [-0.25, -0.2) is 4.98 Å². The lowest BCUT2D eigenvalue weighted by Crippen LogP contribution is -2.40. The zero-order chi connectivity index (χ0) is 26.2. The molecule has 0 radical (unpaired) electrons. The number of anilines is 1. The number of halogens is 1. The molecule has 2 aromatic heterocycles. The fraction of sp³-hybridized carbons (Fsp3) is 0.381. The Bertz CT molecular complexity index is 1410. The maximum absolute atomic E-state index is 13.2. The van der Waals surface area contributed by atoms with E-state index in [-0.39, 0.29) is 33.8 Å². The predicted molar refractivity (Wildman–Crippen MR) is 124 cm³/mol. The van der Waals surface area contributed by atoms with E-state index >= 15 is 0 Å². The number of carbonyl (C=O) groups is 2. The van der Waals surface area contributed by atoms with Crippen molar-refractivity contribution < 1.29 is 36.4 Å². The van der Waals surface area contributed by atoms with Crippen molar-refractivity contribution in [1.82, 2.24) is 19.5 Å². The summed E-state index contributed by atoms with van der Waals surface area (Å²) >= 11 is 6.13. The zero-order valence-electron chi connectivity index (χ0n) is 19.3. The fourth-order valence-corrected chi connectivity index (χ4v) is 4.99. The first-order valence-electron chi connectivity index (χ1n) is 10.6. The van der Waals surface area contributed by atoms with Crippen molar-refractivity contribution >= 4 is 50.8 Å². The first-order chi connectivity index (χ1) is 17.0. The van der Waals surface area contributed by atoms with Gasteiger partial charge in [0.25, 0.3) is 10.1 Å². The highest BCUT2D eigenvalue weighted by molar-refractivity contribution is 7.86. The third-order valence-corrected chi connectivity index (χ3v) is 6.84. The van der Waals surface area contributed by atoms with Crippen LogP contribution in [0.5, 0.6) is 0 Å². The summed E-state index contributed by atoms with van der Waals surface area (Å²) in [4.78, 5) is 35.4. The van der Waals surface area contributed by atoms with E-state index in [4.69, 9.17) is 35.7 Å². The molecule has 3 aromatic rings. The minimum Gasteiger partial charge on any atom is -0.463 e. The normalized spacial score (nSPS) is 22.0. The lowest BCUT2D eigenvalue weighted by molar-refractivity contribution is -0.156. The molecule has 1 aromatic carbocycles. The van der Waals surface area contributed by atoms with Gasteiger partial charge in [0.1, 0.15) is 18.2 Å². The van der Waals surface area contributed by atoms with Gasteiger partial charge in [0.2, 0.25) is 5.95 Å². The van der Waals surface area contributed by atoms with E-state index in [1.54, 1.807) is 19.1 Å². The molecule has 1 fully saturated rings. The molecule has 2 N–H and O–H groups in total. The second-order valence-electron chi connectivity index (χ2n) is 7.97. The summed E-state index contributed by atoms with van der Waals surface area (Å²) in [6.45, 7) is 3.78. The van der Waals surface area contributed by atoms with Crippen LogP contribution in [0.4, 0.5) is 5.95 Å². The van der Waals surface area contributed by atoms with Gasteiger partial charge < -0.3 is 19.9 Å². The predicted octanol–water partition coefficient (Wildman–Crippen LogP) is 1.54. The van der Waals surface area contributed by atoms with Gasteiger partial charge in [-0.2, -0.15) is 18.4 Å². The monoisotopic (exact) mass is 539 g/mol. The lowest BCUT2D eigenvalue weighted by Gasteiger charge is -2.24. The number of fused-ring (bicyclic) bond motifs is 1. The molecule has 3 heterocycles. The van der Waals surface area contributed by atoms with E-state index in [1.807, 2.05) is 0 Å². The SMILES string of the molecule is CC(=O)OC[C@H]1O[C@@H](n2cnc3c(Cl)nc(N)nc32)[C@H](OS(=O)(=O)c2ccc(C)cc2)[C@@H]1OC(C)=O. The van der Waals surface area contributed by atoms with Gasteiger partial charge in [-0.15, -0.1) is 0 Å². The van der Waals surface area contributed by atoms with Gasteiger partial charge in [0, 0.05) is 13.8 Å². The second kappa shape index (κ2) is 9.97. The Balaban J connectivity index is 1.80. The smallest absolute Gasteiger partial charge is 0.303 e. The molecular formula is C21H22ClN5O8S. The fourth-order valence-electron chi connectivity index (χ4n) is 3.69. The molecule has 15 heteroatoms. The molecule has 36 heavy (non-hydrogen) atoms. The number of imidazole rings is 1.